The molecule has 0 amide bonds. The summed E-state index contributed by atoms with van der Waals surface area (Å²) in [5, 5.41) is 11.6. The number of allylic oxidation sites excluding steroid dienone is 1. The number of para-hydroxylation sites is 4. The lowest BCUT2D eigenvalue weighted by Crippen LogP contribution is -2.48. The third-order valence-electron chi connectivity index (χ3n) is 6.39. The normalized spacial score (nSPS) is 20.1. The van der Waals surface area contributed by atoms with Gasteiger partial charge >= 0.3 is 6.36 Å². The van der Waals surface area contributed by atoms with Crippen molar-refractivity contribution in [1.29, 1.82) is 0 Å². The largest absolute Gasteiger partial charge is 0.573 e. The fourth-order valence-corrected chi connectivity index (χ4v) is 6.62. The van der Waals surface area contributed by atoms with Gasteiger partial charge in [0.1, 0.15) is 21.8 Å². The summed E-state index contributed by atoms with van der Waals surface area (Å²) in [5.41, 5.74) is 2.13. The van der Waals surface area contributed by atoms with Gasteiger partial charge in [-0.3, -0.25) is 0 Å². The highest BCUT2D eigenvalue weighted by molar-refractivity contribution is 7.91. The van der Waals surface area contributed by atoms with Crippen molar-refractivity contribution >= 4 is 21.3 Å². The molecule has 1 unspecified atom stereocenters. The number of aliphatic hydroxyl groups is 1. The van der Waals surface area contributed by atoms with Crippen molar-refractivity contribution in [1.82, 2.24) is 4.72 Å². The summed E-state index contributed by atoms with van der Waals surface area (Å²) >= 11 is 0. The third kappa shape index (κ3) is 5.75. The lowest BCUT2D eigenvalue weighted by molar-refractivity contribution is -0.274. The highest BCUT2D eigenvalue weighted by Crippen LogP contribution is 2.49. The Balaban J connectivity index is 1.46. The van der Waals surface area contributed by atoms with Crippen molar-refractivity contribution in [2.75, 3.05) is 11.4 Å². The number of hydrogen-bond donors (Lipinski definition) is 2. The van der Waals surface area contributed by atoms with Crippen molar-refractivity contribution in [3.63, 3.8) is 0 Å². The van der Waals surface area contributed by atoms with Crippen LogP contribution in [0.1, 0.15) is 26.2 Å². The molecule has 5 rings (SSSR count). The lowest BCUT2D eigenvalue weighted by atomic mass is 9.94. The minimum Gasteiger partial charge on any atom is -0.453 e. The maximum atomic E-state index is 14.1. The molecule has 3 aromatic rings. The van der Waals surface area contributed by atoms with Gasteiger partial charge in [-0.25, -0.2) is 13.3 Å². The molecule has 0 fully saturated rings. The Hall–Kier alpha value is -3.54. The van der Waals surface area contributed by atoms with E-state index in [9.17, 15) is 22.5 Å². The molecule has 0 aromatic heterocycles. The number of hydrogen-bond acceptors (Lipinski definition) is 6. The van der Waals surface area contributed by atoms with E-state index in [1.807, 2.05) is 66.4 Å². The first-order valence-electron chi connectivity index (χ1n) is 12.6. The number of nitrogens with zero attached hydrogens (tertiary/aromatic N) is 2. The molecule has 2 N–H and O–H groups in total. The number of alkyl halides is 3. The van der Waals surface area contributed by atoms with E-state index in [1.165, 1.54) is 12.1 Å². The van der Waals surface area contributed by atoms with E-state index in [2.05, 4.69) is 13.8 Å². The van der Waals surface area contributed by atoms with Gasteiger partial charge in [0.2, 0.25) is 0 Å². The SMILES string of the molecule is CCCN=S(=O)(N[C@H]1CCC=C(N2c3ccccc3Oc3ccccc32)[C@H]1O)c1ccc(OC(F)(F)F)cc1. The minimum atomic E-state index is -4.83. The summed E-state index contributed by atoms with van der Waals surface area (Å²) in [6.45, 7) is 2.15. The van der Waals surface area contributed by atoms with Crippen LogP contribution in [0.2, 0.25) is 0 Å². The smallest absolute Gasteiger partial charge is 0.453 e. The van der Waals surface area contributed by atoms with Crippen LogP contribution in [0.5, 0.6) is 17.2 Å². The van der Waals surface area contributed by atoms with Gasteiger partial charge in [0, 0.05) is 12.2 Å². The van der Waals surface area contributed by atoms with Gasteiger partial charge in [0.25, 0.3) is 0 Å². The molecule has 39 heavy (non-hydrogen) atoms. The van der Waals surface area contributed by atoms with Gasteiger partial charge in [0.15, 0.2) is 11.5 Å². The number of fused-ring (bicyclic) bond motifs is 2. The molecule has 0 spiro atoms. The first kappa shape index (κ1) is 27.0. The topological polar surface area (TPSA) is 83.4 Å². The van der Waals surface area contributed by atoms with E-state index in [-0.39, 0.29) is 11.4 Å². The van der Waals surface area contributed by atoms with Crippen LogP contribution < -0.4 is 19.1 Å². The van der Waals surface area contributed by atoms with Gasteiger partial charge in [-0.05, 0) is 67.8 Å². The molecule has 11 heteroatoms. The Bertz CT molecular complexity index is 1440. The standard InChI is InChI=1S/C28H28F3N3O4S/c1-2-18-32-39(36,20-16-14-19(15-17-20)38-28(29,30)31)33-21-8-7-11-24(27(21)35)34-22-9-3-5-12-25(22)37-26-13-6-4-10-23(26)34/h3-6,9-17,21,27,35H,2,7-8,18H2,1H3,(H,32,33,36)/t21-,27-,39?/m0/s1. The average Bonchev–Trinajstić information content (AvgIpc) is 2.91. The maximum Gasteiger partial charge on any atom is 0.573 e. The third-order valence-corrected chi connectivity index (χ3v) is 8.47. The van der Waals surface area contributed by atoms with Crippen molar-refractivity contribution in [2.45, 2.75) is 49.6 Å². The second kappa shape index (κ2) is 10.9. The molecular formula is C28H28F3N3O4S. The number of benzene rings is 3. The second-order valence-electron chi connectivity index (χ2n) is 9.15. The van der Waals surface area contributed by atoms with E-state index < -0.39 is 34.2 Å². The fourth-order valence-electron chi connectivity index (χ4n) is 4.66. The molecule has 3 aromatic carbocycles. The molecule has 1 heterocycles. The number of ether oxygens (including phenoxy) is 2. The molecule has 0 saturated carbocycles. The molecule has 7 nitrogen and oxygen atoms in total. The summed E-state index contributed by atoms with van der Waals surface area (Å²) in [7, 11) is -3.29. The first-order valence-corrected chi connectivity index (χ1v) is 14.1. The Kier molecular flexibility index (Phi) is 7.57. The van der Waals surface area contributed by atoms with Crippen LogP contribution in [0.3, 0.4) is 0 Å². The first-order chi connectivity index (χ1) is 18.7. The molecule has 1 aliphatic heterocycles. The molecule has 3 atom stereocenters. The summed E-state index contributed by atoms with van der Waals surface area (Å²) in [5.74, 6) is 0.862. The summed E-state index contributed by atoms with van der Waals surface area (Å²) in [6.07, 6.45) is -2.26. The number of halogens is 3. The lowest BCUT2D eigenvalue weighted by Gasteiger charge is -2.40. The van der Waals surface area contributed by atoms with Crippen LogP contribution >= 0.6 is 0 Å². The van der Waals surface area contributed by atoms with E-state index in [1.54, 1.807) is 0 Å². The van der Waals surface area contributed by atoms with E-state index in [4.69, 9.17) is 4.74 Å². The molecule has 206 valence electrons. The Morgan fingerprint density at radius 2 is 1.67 bits per heavy atom. The zero-order valence-electron chi connectivity index (χ0n) is 21.1. The monoisotopic (exact) mass is 559 g/mol. The fraction of sp³-hybridized carbons (Fsp3) is 0.286. The minimum absolute atomic E-state index is 0.204. The highest BCUT2D eigenvalue weighted by atomic mass is 32.2. The molecular weight excluding hydrogens is 531 g/mol. The molecule has 0 saturated heterocycles. The highest BCUT2D eigenvalue weighted by Gasteiger charge is 2.36. The van der Waals surface area contributed by atoms with Crippen LogP contribution in [-0.2, 0) is 9.92 Å². The van der Waals surface area contributed by atoms with E-state index in [0.717, 1.165) is 23.5 Å². The zero-order valence-corrected chi connectivity index (χ0v) is 21.9. The van der Waals surface area contributed by atoms with Crippen LogP contribution in [0.25, 0.3) is 0 Å². The quantitative estimate of drug-likeness (QED) is 0.338. The van der Waals surface area contributed by atoms with Crippen molar-refractivity contribution in [3.8, 4) is 17.2 Å². The van der Waals surface area contributed by atoms with E-state index in [0.29, 0.717) is 36.5 Å². The van der Waals surface area contributed by atoms with Gasteiger partial charge in [0.05, 0.1) is 22.3 Å². The molecule has 1 aliphatic carbocycles. The van der Waals surface area contributed by atoms with Crippen LogP contribution in [-0.4, -0.2) is 34.4 Å². The Labute approximate surface area is 225 Å². The van der Waals surface area contributed by atoms with Crippen molar-refractivity contribution in [2.24, 2.45) is 4.36 Å². The van der Waals surface area contributed by atoms with Gasteiger partial charge in [-0.15, -0.1) is 13.2 Å². The molecule has 0 radical (unpaired) electrons. The summed E-state index contributed by atoms with van der Waals surface area (Å²) in [6, 6.07) is 19.2. The van der Waals surface area contributed by atoms with Gasteiger partial charge in [-0.2, -0.15) is 0 Å². The number of anilines is 2. The zero-order chi connectivity index (χ0) is 27.6. The Morgan fingerprint density at radius 3 is 2.26 bits per heavy atom. The second-order valence-corrected chi connectivity index (χ2v) is 11.2. The predicted molar refractivity (Wildman–Crippen MR) is 142 cm³/mol. The summed E-state index contributed by atoms with van der Waals surface area (Å²) in [4.78, 5) is 2.15. The number of aliphatic hydroxyl groups excluding tert-OH is 1. The van der Waals surface area contributed by atoms with E-state index >= 15 is 0 Å². The van der Waals surface area contributed by atoms with Crippen LogP contribution in [0, 0.1) is 0 Å². The molecule has 2 aliphatic rings. The van der Waals surface area contributed by atoms with Gasteiger partial charge < -0.3 is 19.5 Å². The Morgan fingerprint density at radius 1 is 1.05 bits per heavy atom. The number of rotatable bonds is 7. The molecule has 0 bridgehead atoms. The maximum absolute atomic E-state index is 14.1. The van der Waals surface area contributed by atoms with Crippen molar-refractivity contribution < 1.29 is 32.0 Å². The van der Waals surface area contributed by atoms with Crippen LogP contribution in [0.15, 0.2) is 93.8 Å². The van der Waals surface area contributed by atoms with Gasteiger partial charge in [-0.1, -0.05) is 37.3 Å². The predicted octanol–water partition coefficient (Wildman–Crippen LogP) is 6.68. The van der Waals surface area contributed by atoms with Crippen molar-refractivity contribution in [3.05, 3.63) is 84.6 Å². The number of nitrogens with one attached hydrogen (secondary N) is 1. The van der Waals surface area contributed by atoms with Crippen LogP contribution in [0.4, 0.5) is 24.5 Å². The summed E-state index contributed by atoms with van der Waals surface area (Å²) < 4.78 is 69.4. The average molecular weight is 560 g/mol.